The molecule has 0 aromatic rings. The third-order valence-corrected chi connectivity index (χ3v) is 1.11. The van der Waals surface area contributed by atoms with Crippen LogP contribution in [-0.2, 0) is 4.74 Å². The lowest BCUT2D eigenvalue weighted by atomic mass is 10.2. The summed E-state index contributed by atoms with van der Waals surface area (Å²) in [4.78, 5) is 0. The van der Waals surface area contributed by atoms with Gasteiger partial charge in [-0.1, -0.05) is 12.7 Å². The third kappa shape index (κ3) is 7.70. The Balaban J connectivity index is 2.66. The quantitative estimate of drug-likeness (QED) is 0.497. The number of hydrogen-bond acceptors (Lipinski definition) is 1. The minimum Gasteiger partial charge on any atom is -0.382 e. The van der Waals surface area contributed by atoms with E-state index in [0.717, 1.165) is 32.5 Å². The van der Waals surface area contributed by atoms with Crippen LogP contribution in [0, 0.1) is 6.58 Å². The monoisotopic (exact) mass is 127 g/mol. The molecule has 0 fully saturated rings. The van der Waals surface area contributed by atoms with Crippen molar-refractivity contribution >= 4 is 0 Å². The molecule has 0 saturated carbocycles. The van der Waals surface area contributed by atoms with Gasteiger partial charge in [0.05, 0.1) is 0 Å². The first-order chi connectivity index (χ1) is 4.41. The second kappa shape index (κ2) is 7.70. The highest BCUT2D eigenvalue weighted by Gasteiger charge is 1.83. The number of rotatable bonds is 6. The first kappa shape index (κ1) is 8.70. The number of ether oxygens (including phenoxy) is 1. The van der Waals surface area contributed by atoms with Gasteiger partial charge in [0.15, 0.2) is 0 Å². The summed E-state index contributed by atoms with van der Waals surface area (Å²) >= 11 is 0. The van der Waals surface area contributed by atoms with Gasteiger partial charge in [0.25, 0.3) is 0 Å². The zero-order chi connectivity index (χ0) is 6.95. The Bertz CT molecular complexity index is 59.6. The molecule has 0 aromatic heterocycles. The molecule has 0 unspecified atom stereocenters. The molecule has 0 heterocycles. The summed E-state index contributed by atoms with van der Waals surface area (Å²) in [6.07, 6.45) is 4.98. The fraction of sp³-hybridized carbons (Fsp3) is 0.750. The Morgan fingerprint density at radius 3 is 2.78 bits per heavy atom. The molecule has 53 valence electrons. The topological polar surface area (TPSA) is 9.23 Å². The highest BCUT2D eigenvalue weighted by atomic mass is 16.5. The Labute approximate surface area is 57.7 Å². The van der Waals surface area contributed by atoms with Crippen molar-refractivity contribution in [2.75, 3.05) is 13.2 Å². The molecule has 0 bridgehead atoms. The van der Waals surface area contributed by atoms with Gasteiger partial charge in [0, 0.05) is 13.2 Å². The molecule has 0 aliphatic carbocycles. The van der Waals surface area contributed by atoms with E-state index in [9.17, 15) is 0 Å². The van der Waals surface area contributed by atoms with Crippen LogP contribution in [0.5, 0.6) is 0 Å². The second-order valence-corrected chi connectivity index (χ2v) is 1.93. The molecule has 1 radical (unpaired) electrons. The molecular formula is C8H15O. The van der Waals surface area contributed by atoms with Crippen LogP contribution < -0.4 is 0 Å². The summed E-state index contributed by atoms with van der Waals surface area (Å²) in [5.74, 6) is 0. The molecule has 0 aliphatic heterocycles. The van der Waals surface area contributed by atoms with Gasteiger partial charge >= 0.3 is 0 Å². The largest absolute Gasteiger partial charge is 0.382 e. The Morgan fingerprint density at radius 1 is 1.44 bits per heavy atom. The summed E-state index contributed by atoms with van der Waals surface area (Å²) in [6, 6.07) is 0. The average Bonchev–Trinajstić information content (AvgIpc) is 1.89. The highest BCUT2D eigenvalue weighted by Crippen LogP contribution is 1.94. The summed E-state index contributed by atoms with van der Waals surface area (Å²) < 4.78 is 5.13. The van der Waals surface area contributed by atoms with Gasteiger partial charge in [-0.05, 0) is 26.2 Å². The molecule has 0 amide bonds. The zero-order valence-corrected chi connectivity index (χ0v) is 6.10. The predicted octanol–water partition coefficient (Wildman–Crippen LogP) is 2.18. The minimum absolute atomic E-state index is 0.826. The Morgan fingerprint density at radius 2 is 2.22 bits per heavy atom. The van der Waals surface area contributed by atoms with E-state index in [0.29, 0.717) is 0 Å². The number of allylic oxidation sites excluding steroid dienone is 1. The molecular weight excluding hydrogens is 112 g/mol. The first-order valence-electron chi connectivity index (χ1n) is 3.53. The van der Waals surface area contributed by atoms with Crippen molar-refractivity contribution in [3.63, 3.8) is 0 Å². The van der Waals surface area contributed by atoms with Crippen molar-refractivity contribution in [3.05, 3.63) is 12.7 Å². The van der Waals surface area contributed by atoms with E-state index >= 15 is 0 Å². The maximum absolute atomic E-state index is 5.18. The molecule has 0 N–H and O–H groups in total. The maximum atomic E-state index is 5.18. The van der Waals surface area contributed by atoms with Gasteiger partial charge in [-0.3, -0.25) is 0 Å². The normalized spacial score (nSPS) is 9.44. The lowest BCUT2D eigenvalue weighted by Crippen LogP contribution is -1.91. The number of hydrogen-bond donors (Lipinski definition) is 0. The van der Waals surface area contributed by atoms with Crippen LogP contribution in [0.2, 0.25) is 0 Å². The van der Waals surface area contributed by atoms with Gasteiger partial charge in [0.1, 0.15) is 0 Å². The van der Waals surface area contributed by atoms with Crippen molar-refractivity contribution in [3.8, 4) is 0 Å². The van der Waals surface area contributed by atoms with E-state index in [1.807, 2.05) is 6.92 Å². The molecule has 0 aromatic carbocycles. The van der Waals surface area contributed by atoms with Gasteiger partial charge in [-0.15, -0.1) is 0 Å². The van der Waals surface area contributed by atoms with Crippen LogP contribution in [0.4, 0.5) is 0 Å². The molecule has 0 spiro atoms. The molecule has 9 heavy (non-hydrogen) atoms. The van der Waals surface area contributed by atoms with Gasteiger partial charge in [-0.25, -0.2) is 0 Å². The van der Waals surface area contributed by atoms with E-state index in [2.05, 4.69) is 0 Å². The van der Waals surface area contributed by atoms with Crippen LogP contribution in [0.3, 0.4) is 0 Å². The summed E-state index contributed by atoms with van der Waals surface area (Å²) in [6.45, 7) is 8.89. The zero-order valence-electron chi connectivity index (χ0n) is 6.10. The predicted molar refractivity (Wildman–Crippen MR) is 39.2 cm³/mol. The second-order valence-electron chi connectivity index (χ2n) is 1.93. The molecule has 0 atom stereocenters. The summed E-state index contributed by atoms with van der Waals surface area (Å²) in [7, 11) is 0. The van der Waals surface area contributed by atoms with Crippen LogP contribution in [0.15, 0.2) is 6.08 Å². The maximum Gasteiger partial charge on any atom is 0.0466 e. The van der Waals surface area contributed by atoms with Crippen LogP contribution in [0.1, 0.15) is 26.2 Å². The minimum atomic E-state index is 0.826. The SMILES string of the molecule is [CH]=CCCCCOCC. The molecule has 0 aliphatic rings. The lowest BCUT2D eigenvalue weighted by molar-refractivity contribution is 0.143. The van der Waals surface area contributed by atoms with Crippen molar-refractivity contribution < 1.29 is 4.74 Å². The molecule has 0 saturated heterocycles. The van der Waals surface area contributed by atoms with Gasteiger partial charge in [-0.2, -0.15) is 0 Å². The van der Waals surface area contributed by atoms with E-state index in [4.69, 9.17) is 11.3 Å². The van der Waals surface area contributed by atoms with Crippen molar-refractivity contribution in [2.45, 2.75) is 26.2 Å². The Kier molecular flexibility index (Phi) is 7.44. The van der Waals surface area contributed by atoms with Crippen molar-refractivity contribution in [1.29, 1.82) is 0 Å². The average molecular weight is 127 g/mol. The first-order valence-corrected chi connectivity index (χ1v) is 3.53. The van der Waals surface area contributed by atoms with Crippen molar-refractivity contribution in [2.24, 2.45) is 0 Å². The lowest BCUT2D eigenvalue weighted by Gasteiger charge is -1.97. The number of unbranched alkanes of at least 4 members (excludes halogenated alkanes) is 2. The van der Waals surface area contributed by atoms with E-state index in [-0.39, 0.29) is 0 Å². The van der Waals surface area contributed by atoms with Crippen LogP contribution in [-0.4, -0.2) is 13.2 Å². The fourth-order valence-corrected chi connectivity index (χ4v) is 0.611. The van der Waals surface area contributed by atoms with E-state index < -0.39 is 0 Å². The van der Waals surface area contributed by atoms with Crippen LogP contribution >= 0.6 is 0 Å². The molecule has 1 nitrogen and oxygen atoms in total. The Hall–Kier alpha value is -0.300. The molecule has 1 heteroatoms. The van der Waals surface area contributed by atoms with E-state index in [1.54, 1.807) is 6.08 Å². The summed E-state index contributed by atoms with van der Waals surface area (Å²) in [5.41, 5.74) is 0. The van der Waals surface area contributed by atoms with Crippen LogP contribution in [0.25, 0.3) is 0 Å². The molecule has 0 rings (SSSR count). The summed E-state index contributed by atoms with van der Waals surface area (Å²) in [5, 5.41) is 0. The fourth-order valence-electron chi connectivity index (χ4n) is 0.611. The standard InChI is InChI=1S/C8H15O/c1-3-5-6-7-8-9-4-2/h1,3H,4-8H2,2H3. The third-order valence-electron chi connectivity index (χ3n) is 1.11. The van der Waals surface area contributed by atoms with Gasteiger partial charge < -0.3 is 4.74 Å². The van der Waals surface area contributed by atoms with Crippen molar-refractivity contribution in [1.82, 2.24) is 0 Å². The van der Waals surface area contributed by atoms with E-state index in [1.165, 1.54) is 0 Å². The van der Waals surface area contributed by atoms with Gasteiger partial charge in [0.2, 0.25) is 0 Å². The highest BCUT2D eigenvalue weighted by molar-refractivity contribution is 4.61. The smallest absolute Gasteiger partial charge is 0.0466 e.